The average molecular weight is 452 g/mol. The second-order valence-corrected chi connectivity index (χ2v) is 9.18. The third kappa shape index (κ3) is 5.73. The molecule has 0 bridgehead atoms. The zero-order valence-corrected chi connectivity index (χ0v) is 18.9. The molecule has 7 nitrogen and oxygen atoms in total. The van der Waals surface area contributed by atoms with Crippen LogP contribution in [-0.4, -0.2) is 38.7 Å². The van der Waals surface area contributed by atoms with Crippen LogP contribution in [0.4, 0.5) is 11.4 Å². The first-order chi connectivity index (χ1) is 15.2. The lowest BCUT2D eigenvalue weighted by Crippen LogP contribution is -2.34. The van der Waals surface area contributed by atoms with Gasteiger partial charge in [0.2, 0.25) is 5.91 Å². The van der Waals surface area contributed by atoms with Crippen LogP contribution in [-0.2, 0) is 14.8 Å². The number of carbonyl (C=O) groups excluding carboxylic acids is 2. The summed E-state index contributed by atoms with van der Waals surface area (Å²) in [6.45, 7) is 3.45. The lowest BCUT2D eigenvalue weighted by atomic mass is 10.2. The van der Waals surface area contributed by atoms with Gasteiger partial charge in [0.05, 0.1) is 11.4 Å². The predicted octanol–water partition coefficient (Wildman–Crippen LogP) is 3.81. The van der Waals surface area contributed by atoms with E-state index in [0.29, 0.717) is 22.5 Å². The van der Waals surface area contributed by atoms with Crippen LogP contribution in [0.2, 0.25) is 0 Å². The summed E-state index contributed by atoms with van der Waals surface area (Å²) in [4.78, 5) is 26.3. The van der Waals surface area contributed by atoms with E-state index in [1.807, 2.05) is 19.1 Å². The Morgan fingerprint density at radius 3 is 2.19 bits per heavy atom. The number of anilines is 2. The zero-order chi connectivity index (χ0) is 23.3. The molecule has 0 fully saturated rings. The van der Waals surface area contributed by atoms with Gasteiger partial charge in [0.1, 0.15) is 0 Å². The molecule has 0 aliphatic carbocycles. The fourth-order valence-corrected chi connectivity index (χ4v) is 4.51. The fourth-order valence-electron chi connectivity index (χ4n) is 3.12. The highest BCUT2D eigenvalue weighted by Crippen LogP contribution is 2.21. The molecule has 3 aromatic rings. The molecule has 0 aliphatic rings. The standard InChI is InChI=1S/C24H25N3O4S/c1-17-9-10-18(2)22(15-17)32(30,31)26-21-13-11-19(12-14-21)24(29)27(3)16-23(28)25-20-7-5-4-6-8-20/h4-15,26H,16H2,1-3H3,(H,25,28). The molecule has 0 radical (unpaired) electrons. The first-order valence-corrected chi connectivity index (χ1v) is 11.4. The molecule has 0 saturated carbocycles. The van der Waals surface area contributed by atoms with Gasteiger partial charge in [-0.2, -0.15) is 0 Å². The van der Waals surface area contributed by atoms with Crippen LogP contribution in [0.3, 0.4) is 0 Å². The van der Waals surface area contributed by atoms with Crippen LogP contribution in [0.15, 0.2) is 77.7 Å². The van der Waals surface area contributed by atoms with E-state index in [4.69, 9.17) is 0 Å². The second-order valence-electron chi connectivity index (χ2n) is 7.53. The Morgan fingerprint density at radius 1 is 0.875 bits per heavy atom. The summed E-state index contributed by atoms with van der Waals surface area (Å²) in [5.41, 5.74) is 2.82. The van der Waals surface area contributed by atoms with Crippen molar-refractivity contribution in [2.24, 2.45) is 0 Å². The molecule has 0 heterocycles. The number of amides is 2. The van der Waals surface area contributed by atoms with Crippen molar-refractivity contribution in [3.05, 3.63) is 89.5 Å². The molecule has 166 valence electrons. The Hall–Kier alpha value is -3.65. The average Bonchev–Trinajstić information content (AvgIpc) is 2.75. The number of nitrogens with zero attached hydrogens (tertiary/aromatic N) is 1. The monoisotopic (exact) mass is 451 g/mol. The molecule has 0 spiro atoms. The quantitative estimate of drug-likeness (QED) is 0.571. The molecule has 0 unspecified atom stereocenters. The number of aryl methyl sites for hydroxylation is 2. The number of rotatable bonds is 7. The molecule has 3 rings (SSSR count). The van der Waals surface area contributed by atoms with E-state index < -0.39 is 10.0 Å². The SMILES string of the molecule is Cc1ccc(C)c(S(=O)(=O)Nc2ccc(C(=O)N(C)CC(=O)Nc3ccccc3)cc2)c1. The van der Waals surface area contributed by atoms with Crippen molar-refractivity contribution in [3.8, 4) is 0 Å². The Balaban J connectivity index is 1.65. The van der Waals surface area contributed by atoms with Crippen molar-refractivity contribution in [1.29, 1.82) is 0 Å². The molecule has 0 saturated heterocycles. The van der Waals surface area contributed by atoms with Gasteiger partial charge in [-0.05, 0) is 67.4 Å². The highest BCUT2D eigenvalue weighted by Gasteiger charge is 2.18. The summed E-state index contributed by atoms with van der Waals surface area (Å²) in [5.74, 6) is -0.665. The number of carbonyl (C=O) groups is 2. The van der Waals surface area contributed by atoms with Crippen molar-refractivity contribution in [3.63, 3.8) is 0 Å². The maximum atomic E-state index is 12.7. The molecule has 3 aromatic carbocycles. The Morgan fingerprint density at radius 2 is 1.53 bits per heavy atom. The third-order valence-corrected chi connectivity index (χ3v) is 6.33. The summed E-state index contributed by atoms with van der Waals surface area (Å²) in [5, 5.41) is 2.73. The number of nitrogens with one attached hydrogen (secondary N) is 2. The van der Waals surface area contributed by atoms with Crippen LogP contribution >= 0.6 is 0 Å². The van der Waals surface area contributed by atoms with Crippen LogP contribution in [0.25, 0.3) is 0 Å². The molecule has 0 atom stereocenters. The normalized spacial score (nSPS) is 11.0. The molecule has 8 heteroatoms. The molecular formula is C24H25N3O4S. The van der Waals surface area contributed by atoms with Gasteiger partial charge >= 0.3 is 0 Å². The van der Waals surface area contributed by atoms with E-state index in [-0.39, 0.29) is 23.3 Å². The maximum Gasteiger partial charge on any atom is 0.262 e. The van der Waals surface area contributed by atoms with Crippen molar-refractivity contribution >= 4 is 33.2 Å². The summed E-state index contributed by atoms with van der Waals surface area (Å²) < 4.78 is 28.0. The van der Waals surface area contributed by atoms with Gasteiger partial charge in [0, 0.05) is 24.0 Å². The Labute approximate surface area is 188 Å². The molecule has 0 aliphatic heterocycles. The summed E-state index contributed by atoms with van der Waals surface area (Å²) >= 11 is 0. The van der Waals surface area contributed by atoms with Gasteiger partial charge in [-0.1, -0.05) is 30.3 Å². The van der Waals surface area contributed by atoms with Gasteiger partial charge in [0.25, 0.3) is 15.9 Å². The number of likely N-dealkylation sites (N-methyl/N-ethyl adjacent to an activating group) is 1. The first-order valence-electron chi connectivity index (χ1n) is 9.96. The van der Waals surface area contributed by atoms with E-state index in [1.54, 1.807) is 43.3 Å². The predicted molar refractivity (Wildman–Crippen MR) is 125 cm³/mol. The largest absolute Gasteiger partial charge is 0.332 e. The molecule has 2 N–H and O–H groups in total. The summed E-state index contributed by atoms with van der Waals surface area (Å²) in [6.07, 6.45) is 0. The highest BCUT2D eigenvalue weighted by atomic mass is 32.2. The van der Waals surface area contributed by atoms with Crippen molar-refractivity contribution < 1.29 is 18.0 Å². The van der Waals surface area contributed by atoms with Crippen LogP contribution in [0, 0.1) is 13.8 Å². The number of hydrogen-bond acceptors (Lipinski definition) is 4. The molecular weight excluding hydrogens is 426 g/mol. The minimum atomic E-state index is -3.76. The van der Waals surface area contributed by atoms with Crippen LogP contribution in [0.1, 0.15) is 21.5 Å². The maximum absolute atomic E-state index is 12.7. The first kappa shape index (κ1) is 23.0. The zero-order valence-electron chi connectivity index (χ0n) is 18.1. The van der Waals surface area contributed by atoms with E-state index in [0.717, 1.165) is 5.56 Å². The van der Waals surface area contributed by atoms with Crippen molar-refractivity contribution in [2.45, 2.75) is 18.7 Å². The van der Waals surface area contributed by atoms with Gasteiger partial charge in [0.15, 0.2) is 0 Å². The van der Waals surface area contributed by atoms with Gasteiger partial charge in [-0.15, -0.1) is 0 Å². The van der Waals surface area contributed by atoms with Crippen molar-refractivity contribution in [1.82, 2.24) is 4.90 Å². The lowest BCUT2D eigenvalue weighted by molar-refractivity contribution is -0.116. The number of sulfonamides is 1. The fraction of sp³-hybridized carbons (Fsp3) is 0.167. The smallest absolute Gasteiger partial charge is 0.262 e. The molecule has 0 aromatic heterocycles. The topological polar surface area (TPSA) is 95.6 Å². The summed E-state index contributed by atoms with van der Waals surface area (Å²) in [7, 11) is -2.23. The number of hydrogen-bond donors (Lipinski definition) is 2. The van der Waals surface area contributed by atoms with Crippen molar-refractivity contribution in [2.75, 3.05) is 23.6 Å². The van der Waals surface area contributed by atoms with Gasteiger partial charge in [-0.25, -0.2) is 8.42 Å². The molecule has 32 heavy (non-hydrogen) atoms. The van der Waals surface area contributed by atoms with E-state index in [9.17, 15) is 18.0 Å². The third-order valence-electron chi connectivity index (χ3n) is 4.80. The highest BCUT2D eigenvalue weighted by molar-refractivity contribution is 7.92. The Bertz CT molecular complexity index is 1220. The van der Waals surface area contributed by atoms with E-state index in [1.165, 1.54) is 36.2 Å². The molecule has 2 amide bonds. The summed E-state index contributed by atoms with van der Waals surface area (Å²) in [6, 6.07) is 20.3. The van der Waals surface area contributed by atoms with Crippen LogP contribution < -0.4 is 10.0 Å². The van der Waals surface area contributed by atoms with E-state index in [2.05, 4.69) is 10.0 Å². The van der Waals surface area contributed by atoms with Gasteiger partial charge in [-0.3, -0.25) is 14.3 Å². The van der Waals surface area contributed by atoms with Crippen LogP contribution in [0.5, 0.6) is 0 Å². The Kier molecular flexibility index (Phi) is 6.95. The lowest BCUT2D eigenvalue weighted by Gasteiger charge is -2.17. The number of para-hydroxylation sites is 1. The minimum absolute atomic E-state index is 0.116. The van der Waals surface area contributed by atoms with Gasteiger partial charge < -0.3 is 10.2 Å². The van der Waals surface area contributed by atoms with E-state index >= 15 is 0 Å². The second kappa shape index (κ2) is 9.65. The minimum Gasteiger partial charge on any atom is -0.332 e. The number of benzene rings is 3.